The molecule has 0 aliphatic carbocycles. The highest BCUT2D eigenvalue weighted by Crippen LogP contribution is 2.16. The normalized spacial score (nSPS) is 14.4. The van der Waals surface area contributed by atoms with E-state index in [0.717, 1.165) is 5.69 Å². The molecule has 0 bridgehead atoms. The van der Waals surface area contributed by atoms with Gasteiger partial charge in [-0.1, -0.05) is 26.0 Å². The molecule has 1 aromatic carbocycles. The van der Waals surface area contributed by atoms with Gasteiger partial charge in [0.15, 0.2) is 0 Å². The van der Waals surface area contributed by atoms with Crippen LogP contribution in [0.3, 0.4) is 0 Å². The number of aromatic nitrogens is 2. The maximum Gasteiger partial charge on any atom is 0.0991 e. The number of benzene rings is 1. The zero-order valence-corrected chi connectivity index (χ0v) is 12.3. The van der Waals surface area contributed by atoms with Crippen molar-refractivity contribution in [1.29, 1.82) is 0 Å². The van der Waals surface area contributed by atoms with E-state index in [2.05, 4.69) is 41.5 Å². The summed E-state index contributed by atoms with van der Waals surface area (Å²) < 4.78 is 1.98. The van der Waals surface area contributed by atoms with E-state index < -0.39 is 0 Å². The van der Waals surface area contributed by atoms with Crippen LogP contribution < -0.4 is 5.32 Å². The first-order valence-corrected chi connectivity index (χ1v) is 7.07. The minimum absolute atomic E-state index is 0.222. The number of nitrogens with one attached hydrogen (secondary N) is 1. The van der Waals surface area contributed by atoms with Gasteiger partial charge >= 0.3 is 0 Å². The van der Waals surface area contributed by atoms with Gasteiger partial charge in [0, 0.05) is 30.7 Å². The van der Waals surface area contributed by atoms with Crippen LogP contribution in [-0.4, -0.2) is 27.3 Å². The van der Waals surface area contributed by atoms with E-state index >= 15 is 0 Å². The summed E-state index contributed by atoms with van der Waals surface area (Å²) in [7, 11) is 0. The van der Waals surface area contributed by atoms with Crippen molar-refractivity contribution in [3.63, 3.8) is 0 Å². The highest BCUT2D eigenvalue weighted by atomic mass is 16.3. The first-order valence-electron chi connectivity index (χ1n) is 7.07. The Morgan fingerprint density at radius 3 is 2.45 bits per heavy atom. The summed E-state index contributed by atoms with van der Waals surface area (Å²) in [6.07, 6.45) is 5.18. The minimum atomic E-state index is -0.303. The minimum Gasteiger partial charge on any atom is -0.392 e. The lowest BCUT2D eigenvalue weighted by atomic mass is 10.1. The van der Waals surface area contributed by atoms with Gasteiger partial charge in [0.05, 0.1) is 12.4 Å². The molecule has 2 N–H and O–H groups in total. The van der Waals surface area contributed by atoms with Crippen molar-refractivity contribution in [3.8, 4) is 5.69 Å². The predicted octanol–water partition coefficient (Wildman–Crippen LogP) is 2.54. The molecule has 0 saturated heterocycles. The van der Waals surface area contributed by atoms with Gasteiger partial charge in [-0.2, -0.15) is 0 Å². The second-order valence-electron chi connectivity index (χ2n) is 5.50. The predicted molar refractivity (Wildman–Crippen MR) is 80.8 cm³/mol. The van der Waals surface area contributed by atoms with Gasteiger partial charge in [0.1, 0.15) is 0 Å². The van der Waals surface area contributed by atoms with E-state index in [4.69, 9.17) is 0 Å². The molecule has 2 unspecified atom stereocenters. The molecule has 0 amide bonds. The fourth-order valence-electron chi connectivity index (χ4n) is 2.00. The molecule has 0 aliphatic rings. The SMILES string of the molecule is CC(NCC(O)C(C)C)c1ccc(-n2ccnc2)cc1. The van der Waals surface area contributed by atoms with Crippen molar-refractivity contribution in [2.45, 2.75) is 32.9 Å². The molecule has 4 heteroatoms. The molecule has 4 nitrogen and oxygen atoms in total. The van der Waals surface area contributed by atoms with Crippen LogP contribution in [0.25, 0.3) is 5.69 Å². The Morgan fingerprint density at radius 1 is 1.20 bits per heavy atom. The molecule has 0 saturated carbocycles. The molecule has 1 aromatic heterocycles. The maximum absolute atomic E-state index is 9.82. The summed E-state index contributed by atoms with van der Waals surface area (Å²) >= 11 is 0. The second-order valence-corrected chi connectivity index (χ2v) is 5.50. The van der Waals surface area contributed by atoms with Gasteiger partial charge in [0.25, 0.3) is 0 Å². The van der Waals surface area contributed by atoms with Crippen molar-refractivity contribution in [2.24, 2.45) is 5.92 Å². The fourth-order valence-corrected chi connectivity index (χ4v) is 2.00. The van der Waals surface area contributed by atoms with E-state index in [0.29, 0.717) is 6.54 Å². The summed E-state index contributed by atoms with van der Waals surface area (Å²) in [6, 6.07) is 8.59. The number of hydrogen-bond donors (Lipinski definition) is 2. The summed E-state index contributed by atoms with van der Waals surface area (Å²) in [5, 5.41) is 13.2. The van der Waals surface area contributed by atoms with Crippen molar-refractivity contribution >= 4 is 0 Å². The zero-order valence-electron chi connectivity index (χ0n) is 12.3. The van der Waals surface area contributed by atoms with Crippen LogP contribution in [-0.2, 0) is 0 Å². The fraction of sp³-hybridized carbons (Fsp3) is 0.438. The third-order valence-electron chi connectivity index (χ3n) is 3.60. The smallest absolute Gasteiger partial charge is 0.0991 e. The molecule has 0 fully saturated rings. The molecule has 0 radical (unpaired) electrons. The van der Waals surface area contributed by atoms with Gasteiger partial charge in [-0.3, -0.25) is 0 Å². The Kier molecular flexibility index (Phi) is 4.93. The molecule has 108 valence electrons. The summed E-state index contributed by atoms with van der Waals surface area (Å²) in [5.41, 5.74) is 2.31. The molecule has 2 aromatic rings. The first kappa shape index (κ1) is 14.8. The van der Waals surface area contributed by atoms with Crippen molar-refractivity contribution < 1.29 is 5.11 Å². The quantitative estimate of drug-likeness (QED) is 0.850. The number of nitrogens with zero attached hydrogens (tertiary/aromatic N) is 2. The van der Waals surface area contributed by atoms with Gasteiger partial charge < -0.3 is 15.0 Å². The summed E-state index contributed by atoms with van der Waals surface area (Å²) in [4.78, 5) is 4.04. The monoisotopic (exact) mass is 273 g/mol. The average molecular weight is 273 g/mol. The molecule has 2 rings (SSSR count). The number of imidazole rings is 1. The van der Waals surface area contributed by atoms with Crippen molar-refractivity contribution in [2.75, 3.05) is 6.54 Å². The van der Waals surface area contributed by atoms with Gasteiger partial charge in [0.2, 0.25) is 0 Å². The Labute approximate surface area is 120 Å². The van der Waals surface area contributed by atoms with Crippen LogP contribution in [0.15, 0.2) is 43.0 Å². The number of hydrogen-bond acceptors (Lipinski definition) is 3. The zero-order chi connectivity index (χ0) is 14.5. The maximum atomic E-state index is 9.82. The van der Waals surface area contributed by atoms with E-state index in [9.17, 15) is 5.11 Å². The lowest BCUT2D eigenvalue weighted by molar-refractivity contribution is 0.120. The lowest BCUT2D eigenvalue weighted by Crippen LogP contribution is -2.32. The largest absolute Gasteiger partial charge is 0.392 e. The molecule has 1 heterocycles. The molecule has 2 atom stereocenters. The third kappa shape index (κ3) is 3.68. The Hall–Kier alpha value is -1.65. The second kappa shape index (κ2) is 6.68. The molecule has 0 aliphatic heterocycles. The van der Waals surface area contributed by atoms with Crippen LogP contribution >= 0.6 is 0 Å². The standard InChI is InChI=1S/C16H23N3O/c1-12(2)16(20)10-18-13(3)14-4-6-15(7-5-14)19-9-8-17-11-19/h4-9,11-13,16,18,20H,10H2,1-3H3. The number of aliphatic hydroxyl groups is 1. The van der Waals surface area contributed by atoms with Gasteiger partial charge in [-0.15, -0.1) is 0 Å². The van der Waals surface area contributed by atoms with Crippen LogP contribution in [0.2, 0.25) is 0 Å². The van der Waals surface area contributed by atoms with Crippen LogP contribution in [0.4, 0.5) is 0 Å². The highest BCUT2D eigenvalue weighted by Gasteiger charge is 2.11. The third-order valence-corrected chi connectivity index (χ3v) is 3.60. The van der Waals surface area contributed by atoms with Crippen LogP contribution in [0, 0.1) is 5.92 Å². The van der Waals surface area contributed by atoms with Gasteiger partial charge in [-0.25, -0.2) is 4.98 Å². The number of rotatable bonds is 6. The summed E-state index contributed by atoms with van der Waals surface area (Å²) in [6.45, 7) is 6.77. The van der Waals surface area contributed by atoms with E-state index in [1.165, 1.54) is 5.56 Å². The first-order chi connectivity index (χ1) is 9.58. The van der Waals surface area contributed by atoms with Crippen molar-refractivity contribution in [3.05, 3.63) is 48.5 Å². The average Bonchev–Trinajstić information content (AvgIpc) is 2.98. The van der Waals surface area contributed by atoms with E-state index in [1.54, 1.807) is 12.5 Å². The highest BCUT2D eigenvalue weighted by molar-refractivity contribution is 5.35. The van der Waals surface area contributed by atoms with Crippen molar-refractivity contribution in [1.82, 2.24) is 14.9 Å². The molecule has 0 spiro atoms. The molecular formula is C16H23N3O. The summed E-state index contributed by atoms with van der Waals surface area (Å²) in [5.74, 6) is 0.276. The Balaban J connectivity index is 1.96. The topological polar surface area (TPSA) is 50.1 Å². The van der Waals surface area contributed by atoms with E-state index in [1.807, 2.05) is 24.6 Å². The van der Waals surface area contributed by atoms with Gasteiger partial charge in [-0.05, 0) is 30.5 Å². The van der Waals surface area contributed by atoms with Crippen LogP contribution in [0.1, 0.15) is 32.4 Å². The molecular weight excluding hydrogens is 250 g/mol. The Bertz CT molecular complexity index is 505. The van der Waals surface area contributed by atoms with Crippen LogP contribution in [0.5, 0.6) is 0 Å². The molecule has 20 heavy (non-hydrogen) atoms. The Morgan fingerprint density at radius 2 is 1.90 bits per heavy atom. The lowest BCUT2D eigenvalue weighted by Gasteiger charge is -2.20. The number of aliphatic hydroxyl groups excluding tert-OH is 1. The van der Waals surface area contributed by atoms with E-state index in [-0.39, 0.29) is 18.1 Å².